The molecule has 0 amide bonds. The van der Waals surface area contributed by atoms with E-state index in [4.69, 9.17) is 24.3 Å². The summed E-state index contributed by atoms with van der Waals surface area (Å²) in [4.78, 5) is 35.5. The van der Waals surface area contributed by atoms with Gasteiger partial charge in [-0.2, -0.15) is 0 Å². The SMILES string of the molecule is CCCCCCCCCCCCCCCCCCCCCCCCCCCCCCCCCCCCCCCCCCC(=O)OC(COC(=O)CCCCCCCCCCCCCCCCCCCCCCCCCCCCCCCCCCC)COP(=O)(O)OCCN. The van der Waals surface area contributed by atoms with Gasteiger partial charge in [0.25, 0.3) is 0 Å². The summed E-state index contributed by atoms with van der Waals surface area (Å²) in [5.41, 5.74) is 5.42. The summed E-state index contributed by atoms with van der Waals surface area (Å²) in [7, 11) is -4.39. The molecule has 0 aliphatic rings. The predicted molar refractivity (Wildman–Crippen MR) is 409 cm³/mol. The average molecular weight is 1350 g/mol. The average Bonchev–Trinajstić information content (AvgIpc) is 3.71. The Hall–Kier alpha value is -0.990. The second-order valence-corrected chi connectivity index (χ2v) is 31.2. The van der Waals surface area contributed by atoms with E-state index >= 15 is 0 Å². The molecule has 562 valence electrons. The van der Waals surface area contributed by atoms with Crippen molar-refractivity contribution < 1.29 is 37.6 Å². The maximum absolute atomic E-state index is 12.8. The molecule has 0 heterocycles. The van der Waals surface area contributed by atoms with Gasteiger partial charge in [-0.05, 0) is 12.8 Å². The van der Waals surface area contributed by atoms with E-state index in [9.17, 15) is 19.0 Å². The van der Waals surface area contributed by atoms with Crippen molar-refractivity contribution >= 4 is 19.8 Å². The first-order valence-electron chi connectivity index (χ1n) is 43.0. The molecule has 0 radical (unpaired) electrons. The van der Waals surface area contributed by atoms with Crippen LogP contribution in [0.2, 0.25) is 0 Å². The quantitative estimate of drug-likeness (QED) is 0.0347. The maximum Gasteiger partial charge on any atom is 0.472 e. The van der Waals surface area contributed by atoms with Crippen LogP contribution in [0.25, 0.3) is 0 Å². The Balaban J connectivity index is 3.68. The summed E-state index contributed by atoms with van der Waals surface area (Å²) in [5, 5.41) is 0. The van der Waals surface area contributed by atoms with Gasteiger partial charge in [-0.1, -0.05) is 470 Å². The highest BCUT2D eigenvalue weighted by Crippen LogP contribution is 2.43. The fourth-order valence-corrected chi connectivity index (χ4v) is 14.6. The Labute approximate surface area is 587 Å². The first-order chi connectivity index (χ1) is 46.3. The third-order valence-corrected chi connectivity index (χ3v) is 21.2. The molecule has 0 aromatic rings. The van der Waals surface area contributed by atoms with Crippen LogP contribution in [-0.4, -0.2) is 49.3 Å². The third kappa shape index (κ3) is 80.0. The largest absolute Gasteiger partial charge is 0.472 e. The highest BCUT2D eigenvalue weighted by Gasteiger charge is 2.26. The van der Waals surface area contributed by atoms with Crippen LogP contribution in [0, 0.1) is 0 Å². The van der Waals surface area contributed by atoms with E-state index < -0.39 is 26.5 Å². The summed E-state index contributed by atoms with van der Waals surface area (Å²) < 4.78 is 33.3. The molecule has 3 N–H and O–H groups in total. The summed E-state index contributed by atoms with van der Waals surface area (Å²) in [6.45, 7) is 3.86. The molecular weight excluding hydrogens is 1180 g/mol. The van der Waals surface area contributed by atoms with E-state index in [1.807, 2.05) is 0 Å². The Bertz CT molecular complexity index is 1500. The number of carbonyl (C=O) groups is 2. The standard InChI is InChI=1S/C84H168NO8P/c1-3-5-7-9-11-13-15-17-19-21-23-25-27-29-31-33-35-37-38-39-40-41-42-43-45-47-49-51-53-55-57-59-61-63-65-67-69-71-73-75-77-84(87)93-82(81-92-94(88,89)91-79-78-85)80-90-83(86)76-74-72-70-68-66-64-62-60-58-56-54-52-50-48-46-44-36-34-32-30-28-26-24-22-20-18-16-14-12-10-8-6-4-2/h82H,3-81,85H2,1-2H3,(H,88,89). The van der Waals surface area contributed by atoms with Crippen LogP contribution >= 0.6 is 7.82 Å². The fourth-order valence-electron chi connectivity index (χ4n) is 13.9. The first-order valence-corrected chi connectivity index (χ1v) is 44.5. The van der Waals surface area contributed by atoms with E-state index in [-0.39, 0.29) is 32.1 Å². The number of hydrogen-bond donors (Lipinski definition) is 2. The maximum atomic E-state index is 12.8. The first kappa shape index (κ1) is 93.0. The van der Waals surface area contributed by atoms with Gasteiger partial charge in [-0.25, -0.2) is 4.57 Å². The van der Waals surface area contributed by atoms with Crippen molar-refractivity contribution in [2.45, 2.75) is 502 Å². The molecule has 0 saturated heterocycles. The van der Waals surface area contributed by atoms with E-state index in [1.54, 1.807) is 0 Å². The Kier molecular flexibility index (Phi) is 80.1. The third-order valence-electron chi connectivity index (χ3n) is 20.2. The molecule has 0 spiro atoms. The van der Waals surface area contributed by atoms with E-state index in [2.05, 4.69) is 13.8 Å². The van der Waals surface area contributed by atoms with Crippen molar-refractivity contribution in [1.29, 1.82) is 0 Å². The lowest BCUT2D eigenvalue weighted by Gasteiger charge is -2.19. The Morgan fingerprint density at radius 3 is 0.649 bits per heavy atom. The second-order valence-electron chi connectivity index (χ2n) is 29.8. The van der Waals surface area contributed by atoms with Crippen molar-refractivity contribution in [2.24, 2.45) is 5.73 Å². The van der Waals surface area contributed by atoms with Gasteiger partial charge in [0.05, 0.1) is 13.2 Å². The van der Waals surface area contributed by atoms with Gasteiger partial charge in [0.15, 0.2) is 6.10 Å². The molecule has 9 nitrogen and oxygen atoms in total. The number of carbonyl (C=O) groups excluding carboxylic acids is 2. The van der Waals surface area contributed by atoms with E-state index in [0.717, 1.165) is 32.1 Å². The van der Waals surface area contributed by atoms with E-state index in [1.165, 1.54) is 430 Å². The van der Waals surface area contributed by atoms with Gasteiger partial charge >= 0.3 is 19.8 Å². The second kappa shape index (κ2) is 81.0. The Morgan fingerprint density at radius 1 is 0.277 bits per heavy atom. The highest BCUT2D eigenvalue weighted by molar-refractivity contribution is 7.47. The summed E-state index contributed by atoms with van der Waals surface area (Å²) in [6.07, 6.45) is 100. The van der Waals surface area contributed by atoms with Crippen LogP contribution in [0.3, 0.4) is 0 Å². The smallest absolute Gasteiger partial charge is 0.462 e. The molecule has 0 aromatic heterocycles. The number of hydrogen-bond acceptors (Lipinski definition) is 8. The molecule has 0 aliphatic carbocycles. The number of phosphoric acid groups is 1. The van der Waals surface area contributed by atoms with Gasteiger partial charge in [0, 0.05) is 19.4 Å². The summed E-state index contributed by atoms with van der Waals surface area (Å²) >= 11 is 0. The lowest BCUT2D eigenvalue weighted by molar-refractivity contribution is -0.161. The van der Waals surface area contributed by atoms with Crippen molar-refractivity contribution in [3.8, 4) is 0 Å². The Morgan fingerprint density at radius 2 is 0.457 bits per heavy atom. The summed E-state index contributed by atoms with van der Waals surface area (Å²) in [6, 6.07) is 0. The van der Waals surface area contributed by atoms with Crippen LogP contribution in [0.1, 0.15) is 495 Å². The minimum Gasteiger partial charge on any atom is -0.462 e. The number of nitrogens with two attached hydrogens (primary N) is 1. The molecule has 0 bridgehead atoms. The topological polar surface area (TPSA) is 134 Å². The van der Waals surface area contributed by atoms with Crippen molar-refractivity contribution in [1.82, 2.24) is 0 Å². The molecular formula is C84H168NO8P. The van der Waals surface area contributed by atoms with Gasteiger partial charge in [-0.15, -0.1) is 0 Å². The van der Waals surface area contributed by atoms with Crippen LogP contribution in [-0.2, 0) is 32.7 Å². The molecule has 10 heteroatoms. The number of ether oxygens (including phenoxy) is 2. The molecule has 94 heavy (non-hydrogen) atoms. The molecule has 2 unspecified atom stereocenters. The van der Waals surface area contributed by atoms with Crippen LogP contribution < -0.4 is 5.73 Å². The lowest BCUT2D eigenvalue weighted by Crippen LogP contribution is -2.29. The van der Waals surface area contributed by atoms with Crippen molar-refractivity contribution in [3.63, 3.8) is 0 Å². The lowest BCUT2D eigenvalue weighted by atomic mass is 10.0. The van der Waals surface area contributed by atoms with Gasteiger partial charge in [-0.3, -0.25) is 18.6 Å². The zero-order valence-electron chi connectivity index (χ0n) is 63.8. The molecule has 0 fully saturated rings. The summed E-state index contributed by atoms with van der Waals surface area (Å²) in [5.74, 6) is -0.793. The minimum absolute atomic E-state index is 0.0590. The van der Waals surface area contributed by atoms with Crippen LogP contribution in [0.15, 0.2) is 0 Å². The fraction of sp³-hybridized carbons (Fsp3) is 0.976. The zero-order valence-corrected chi connectivity index (χ0v) is 64.7. The van der Waals surface area contributed by atoms with E-state index in [0.29, 0.717) is 12.8 Å². The molecule has 0 aromatic carbocycles. The monoisotopic (exact) mass is 1350 g/mol. The van der Waals surface area contributed by atoms with Gasteiger partial charge < -0.3 is 20.1 Å². The number of esters is 2. The zero-order chi connectivity index (χ0) is 67.9. The van der Waals surface area contributed by atoms with Crippen molar-refractivity contribution in [3.05, 3.63) is 0 Å². The number of phosphoric ester groups is 1. The number of unbranched alkanes of at least 4 members (excludes halogenated alkanes) is 71. The molecule has 0 aliphatic heterocycles. The van der Waals surface area contributed by atoms with Crippen LogP contribution in [0.4, 0.5) is 0 Å². The van der Waals surface area contributed by atoms with Crippen molar-refractivity contribution in [2.75, 3.05) is 26.4 Å². The highest BCUT2D eigenvalue weighted by atomic mass is 31.2. The van der Waals surface area contributed by atoms with Gasteiger partial charge in [0.2, 0.25) is 0 Å². The van der Waals surface area contributed by atoms with Gasteiger partial charge in [0.1, 0.15) is 6.61 Å². The molecule has 2 atom stereocenters. The van der Waals surface area contributed by atoms with Crippen LogP contribution in [0.5, 0.6) is 0 Å². The molecule has 0 rings (SSSR count). The number of rotatable bonds is 84. The minimum atomic E-state index is -4.39. The molecule has 0 saturated carbocycles. The predicted octanol–water partition coefficient (Wildman–Crippen LogP) is 28.8. The normalized spacial score (nSPS) is 12.7.